The highest BCUT2D eigenvalue weighted by atomic mass is 35.5. The fourth-order valence-electron chi connectivity index (χ4n) is 3.49. The van der Waals surface area contributed by atoms with Gasteiger partial charge in [0, 0.05) is 17.1 Å². The third-order valence-electron chi connectivity index (χ3n) is 5.11. The molecule has 0 aliphatic heterocycles. The van der Waals surface area contributed by atoms with Gasteiger partial charge in [0.2, 0.25) is 0 Å². The smallest absolute Gasteiger partial charge is 0.192 e. The molecule has 0 bridgehead atoms. The van der Waals surface area contributed by atoms with Crippen LogP contribution in [0.4, 0.5) is 0 Å². The third-order valence-corrected chi connectivity index (χ3v) is 6.78. The first-order valence-corrected chi connectivity index (χ1v) is 10.9. The number of aromatic nitrogens is 3. The van der Waals surface area contributed by atoms with Crippen molar-refractivity contribution in [1.82, 2.24) is 14.8 Å². The van der Waals surface area contributed by atoms with Crippen LogP contribution in [0.25, 0.3) is 0 Å². The predicted molar refractivity (Wildman–Crippen MR) is 115 cm³/mol. The summed E-state index contributed by atoms with van der Waals surface area (Å²) in [6, 6.07) is 13.4. The van der Waals surface area contributed by atoms with E-state index in [0.29, 0.717) is 18.2 Å². The molecular formula is C22H22ClN3O2S. The molecule has 1 aromatic heterocycles. The SMILES string of the molecule is CCn1c(COc2ccc(Cl)c(C)c2)nnc1SC1CCc2ccccc2C1=O. The average Bonchev–Trinajstić information content (AvgIpc) is 3.12. The number of fused-ring (bicyclic) bond motifs is 1. The lowest BCUT2D eigenvalue weighted by atomic mass is 9.90. The molecule has 0 amide bonds. The number of thioether (sulfide) groups is 1. The van der Waals surface area contributed by atoms with Crippen LogP contribution in [0.2, 0.25) is 5.02 Å². The Morgan fingerprint density at radius 1 is 1.24 bits per heavy atom. The summed E-state index contributed by atoms with van der Waals surface area (Å²) in [6.45, 7) is 5.01. The van der Waals surface area contributed by atoms with Crippen LogP contribution in [-0.2, 0) is 19.6 Å². The molecule has 0 spiro atoms. The van der Waals surface area contributed by atoms with Crippen molar-refractivity contribution in [1.29, 1.82) is 0 Å². The van der Waals surface area contributed by atoms with Gasteiger partial charge in [0.15, 0.2) is 16.8 Å². The normalized spacial score (nSPS) is 16.0. The van der Waals surface area contributed by atoms with E-state index in [2.05, 4.69) is 10.2 Å². The van der Waals surface area contributed by atoms with E-state index < -0.39 is 0 Å². The number of aryl methyl sites for hydroxylation is 2. The third kappa shape index (κ3) is 4.19. The first-order valence-electron chi connectivity index (χ1n) is 9.66. The number of ether oxygens (including phenoxy) is 1. The van der Waals surface area contributed by atoms with Gasteiger partial charge < -0.3 is 9.30 Å². The summed E-state index contributed by atoms with van der Waals surface area (Å²) in [5.41, 5.74) is 2.94. The maximum atomic E-state index is 12.9. The van der Waals surface area contributed by atoms with Crippen LogP contribution in [0.5, 0.6) is 5.75 Å². The lowest BCUT2D eigenvalue weighted by Gasteiger charge is -2.22. The Labute approximate surface area is 179 Å². The van der Waals surface area contributed by atoms with Crippen molar-refractivity contribution in [3.8, 4) is 5.75 Å². The summed E-state index contributed by atoms with van der Waals surface area (Å²) in [5.74, 6) is 1.66. The van der Waals surface area contributed by atoms with E-state index in [0.717, 1.165) is 46.3 Å². The fourth-order valence-corrected chi connectivity index (χ4v) is 4.79. The standard InChI is InChI=1S/C22H22ClN3O2S/c1-3-26-20(13-28-16-9-10-18(23)14(2)12-16)24-25-22(26)29-19-11-8-15-6-4-5-7-17(15)21(19)27/h4-7,9-10,12,19H,3,8,11,13H2,1-2H3. The zero-order chi connectivity index (χ0) is 20.4. The Morgan fingerprint density at radius 3 is 2.86 bits per heavy atom. The van der Waals surface area contributed by atoms with Gasteiger partial charge in [-0.05, 0) is 56.0 Å². The molecule has 1 aliphatic carbocycles. The van der Waals surface area contributed by atoms with Crippen LogP contribution in [0, 0.1) is 6.92 Å². The molecule has 3 aromatic rings. The van der Waals surface area contributed by atoms with Crippen molar-refractivity contribution in [3.63, 3.8) is 0 Å². The molecule has 4 rings (SSSR count). The molecule has 0 N–H and O–H groups in total. The molecule has 1 aliphatic rings. The van der Waals surface area contributed by atoms with Crippen molar-refractivity contribution in [2.75, 3.05) is 0 Å². The number of hydrogen-bond acceptors (Lipinski definition) is 5. The molecule has 1 unspecified atom stereocenters. The lowest BCUT2D eigenvalue weighted by molar-refractivity contribution is 0.0979. The maximum absolute atomic E-state index is 12.9. The lowest BCUT2D eigenvalue weighted by Crippen LogP contribution is -2.25. The second kappa shape index (κ2) is 8.59. The van der Waals surface area contributed by atoms with E-state index in [1.165, 1.54) is 11.8 Å². The quantitative estimate of drug-likeness (QED) is 0.545. The molecule has 2 aromatic carbocycles. The molecular weight excluding hydrogens is 406 g/mol. The molecule has 0 saturated carbocycles. The van der Waals surface area contributed by atoms with Crippen LogP contribution in [-0.4, -0.2) is 25.8 Å². The number of halogens is 1. The summed E-state index contributed by atoms with van der Waals surface area (Å²) in [4.78, 5) is 12.9. The molecule has 150 valence electrons. The fraction of sp³-hybridized carbons (Fsp3) is 0.318. The van der Waals surface area contributed by atoms with Gasteiger partial charge in [0.05, 0.1) is 5.25 Å². The van der Waals surface area contributed by atoms with E-state index in [1.807, 2.05) is 60.9 Å². The number of carbonyl (C=O) groups excluding carboxylic acids is 1. The highest BCUT2D eigenvalue weighted by Gasteiger charge is 2.29. The number of rotatable bonds is 6. The van der Waals surface area contributed by atoms with E-state index >= 15 is 0 Å². The van der Waals surface area contributed by atoms with Crippen LogP contribution >= 0.6 is 23.4 Å². The highest BCUT2D eigenvalue weighted by Crippen LogP contribution is 2.33. The van der Waals surface area contributed by atoms with E-state index in [9.17, 15) is 4.79 Å². The van der Waals surface area contributed by atoms with Crippen LogP contribution in [0.1, 0.15) is 40.7 Å². The monoisotopic (exact) mass is 427 g/mol. The number of Topliss-reactive ketones (excluding diaryl/α,β-unsaturated/α-hetero) is 1. The van der Waals surface area contributed by atoms with Crippen molar-refractivity contribution in [2.24, 2.45) is 0 Å². The Bertz CT molecular complexity index is 1050. The largest absolute Gasteiger partial charge is 0.486 e. The molecule has 0 fully saturated rings. The van der Waals surface area contributed by atoms with Gasteiger partial charge in [-0.2, -0.15) is 0 Å². The topological polar surface area (TPSA) is 57.0 Å². The number of hydrogen-bond donors (Lipinski definition) is 0. The van der Waals surface area contributed by atoms with Gasteiger partial charge in [-0.1, -0.05) is 47.6 Å². The van der Waals surface area contributed by atoms with Crippen molar-refractivity contribution in [3.05, 3.63) is 70.0 Å². The number of ketones is 1. The summed E-state index contributed by atoms with van der Waals surface area (Å²) >= 11 is 7.57. The Balaban J connectivity index is 1.47. The van der Waals surface area contributed by atoms with Gasteiger partial charge in [0.25, 0.3) is 0 Å². The highest BCUT2D eigenvalue weighted by molar-refractivity contribution is 8.00. The second-order valence-electron chi connectivity index (χ2n) is 7.01. The van der Waals surface area contributed by atoms with Crippen LogP contribution < -0.4 is 4.74 Å². The zero-order valence-corrected chi connectivity index (χ0v) is 18.0. The maximum Gasteiger partial charge on any atom is 0.192 e. The Hall–Kier alpha value is -2.31. The number of benzene rings is 2. The molecule has 5 nitrogen and oxygen atoms in total. The van der Waals surface area contributed by atoms with E-state index in [1.54, 1.807) is 0 Å². The average molecular weight is 428 g/mol. The Morgan fingerprint density at radius 2 is 2.07 bits per heavy atom. The summed E-state index contributed by atoms with van der Waals surface area (Å²) in [5, 5.41) is 9.99. The van der Waals surface area contributed by atoms with Gasteiger partial charge >= 0.3 is 0 Å². The second-order valence-corrected chi connectivity index (χ2v) is 8.59. The molecule has 0 saturated heterocycles. The number of carbonyl (C=O) groups is 1. The van der Waals surface area contributed by atoms with Crippen LogP contribution in [0.15, 0.2) is 47.6 Å². The van der Waals surface area contributed by atoms with Crippen molar-refractivity contribution >= 4 is 29.1 Å². The van der Waals surface area contributed by atoms with Crippen molar-refractivity contribution < 1.29 is 9.53 Å². The van der Waals surface area contributed by atoms with Gasteiger partial charge in [-0.15, -0.1) is 10.2 Å². The molecule has 1 heterocycles. The first-order chi connectivity index (χ1) is 14.1. The van der Waals surface area contributed by atoms with Crippen molar-refractivity contribution in [2.45, 2.75) is 50.2 Å². The Kier molecular flexibility index (Phi) is 5.92. The van der Waals surface area contributed by atoms with Gasteiger partial charge in [-0.3, -0.25) is 4.79 Å². The van der Waals surface area contributed by atoms with Gasteiger partial charge in [-0.25, -0.2) is 0 Å². The number of nitrogens with zero attached hydrogens (tertiary/aromatic N) is 3. The molecule has 0 radical (unpaired) electrons. The summed E-state index contributed by atoms with van der Waals surface area (Å²) < 4.78 is 7.90. The summed E-state index contributed by atoms with van der Waals surface area (Å²) in [6.07, 6.45) is 1.72. The minimum atomic E-state index is -0.132. The van der Waals surface area contributed by atoms with Crippen LogP contribution in [0.3, 0.4) is 0 Å². The first kappa shape index (κ1) is 20.0. The molecule has 7 heteroatoms. The minimum absolute atomic E-state index is 0.132. The minimum Gasteiger partial charge on any atom is -0.486 e. The predicted octanol–water partition coefficient (Wildman–Crippen LogP) is 5.13. The van der Waals surface area contributed by atoms with E-state index in [4.69, 9.17) is 16.3 Å². The zero-order valence-electron chi connectivity index (χ0n) is 16.4. The van der Waals surface area contributed by atoms with Gasteiger partial charge in [0.1, 0.15) is 12.4 Å². The van der Waals surface area contributed by atoms with E-state index in [-0.39, 0.29) is 11.0 Å². The molecule has 1 atom stereocenters. The summed E-state index contributed by atoms with van der Waals surface area (Å²) in [7, 11) is 0. The molecule has 29 heavy (non-hydrogen) atoms.